The lowest BCUT2D eigenvalue weighted by Crippen LogP contribution is -2.49. The van der Waals surface area contributed by atoms with Crippen LogP contribution in [0.2, 0.25) is 0 Å². The summed E-state index contributed by atoms with van der Waals surface area (Å²) in [6.45, 7) is 3.46. The number of nitrogens with zero attached hydrogens (tertiary/aromatic N) is 5. The van der Waals surface area contributed by atoms with Gasteiger partial charge in [0.15, 0.2) is 0 Å². The third-order valence-corrected chi connectivity index (χ3v) is 5.44. The number of hydrogen-bond acceptors (Lipinski definition) is 5. The van der Waals surface area contributed by atoms with Gasteiger partial charge in [0.1, 0.15) is 11.1 Å². The fourth-order valence-corrected chi connectivity index (χ4v) is 3.98. The fraction of sp³-hybridized carbons (Fsp3) is 0.733. The fourth-order valence-electron chi connectivity index (χ4n) is 3.52. The molecule has 8 nitrogen and oxygen atoms in total. The second-order valence-corrected chi connectivity index (χ2v) is 7.45. The second kappa shape index (κ2) is 7.60. The minimum absolute atomic E-state index is 0.166. The zero-order chi connectivity index (χ0) is 17.1. The molecule has 9 heteroatoms. The number of aromatic nitrogens is 2. The van der Waals surface area contributed by atoms with E-state index < -0.39 is 4.92 Å². The Balaban J connectivity index is 1.47. The number of carbonyl (C=O) groups excluding carboxylic acids is 1. The first kappa shape index (κ1) is 17.3. The van der Waals surface area contributed by atoms with E-state index in [2.05, 4.69) is 25.9 Å². The van der Waals surface area contributed by atoms with E-state index in [0.717, 1.165) is 26.2 Å². The van der Waals surface area contributed by atoms with Gasteiger partial charge in [-0.25, -0.2) is 0 Å². The van der Waals surface area contributed by atoms with Gasteiger partial charge in [-0.1, -0.05) is 12.8 Å². The first-order chi connectivity index (χ1) is 11.5. The van der Waals surface area contributed by atoms with Crippen molar-refractivity contribution in [3.8, 4) is 0 Å². The zero-order valence-corrected chi connectivity index (χ0v) is 15.2. The van der Waals surface area contributed by atoms with Crippen LogP contribution in [-0.4, -0.2) is 56.6 Å². The Morgan fingerprint density at radius 3 is 2.54 bits per heavy atom. The number of amides is 1. The minimum Gasteiger partial charge on any atom is -0.358 e. The summed E-state index contributed by atoms with van der Waals surface area (Å²) < 4.78 is 1.95. The van der Waals surface area contributed by atoms with Crippen LogP contribution in [0, 0.1) is 16.0 Å². The molecular weight excluding hydrogens is 378 g/mol. The molecule has 0 unspecified atom stereocenters. The van der Waals surface area contributed by atoms with Gasteiger partial charge in [0.05, 0.1) is 11.3 Å². The maximum Gasteiger partial charge on any atom is 0.404 e. The second-order valence-electron chi connectivity index (χ2n) is 6.59. The molecule has 2 heterocycles. The Kier molecular flexibility index (Phi) is 5.50. The van der Waals surface area contributed by atoms with Gasteiger partial charge in [0, 0.05) is 32.6 Å². The molecular formula is C15H22BrN5O3. The Labute approximate surface area is 149 Å². The molecule has 1 aromatic rings. The first-order valence-electron chi connectivity index (χ1n) is 8.40. The van der Waals surface area contributed by atoms with Crippen LogP contribution >= 0.6 is 15.9 Å². The summed E-state index contributed by atoms with van der Waals surface area (Å²) >= 11 is 3.16. The van der Waals surface area contributed by atoms with Gasteiger partial charge >= 0.3 is 5.82 Å². The summed E-state index contributed by atoms with van der Waals surface area (Å²) in [5.74, 6) is 0.692. The molecule has 0 spiro atoms. The molecule has 0 atom stereocenters. The number of hydrogen-bond donors (Lipinski definition) is 0. The number of carbonyl (C=O) groups is 1. The molecule has 1 saturated carbocycles. The highest BCUT2D eigenvalue weighted by atomic mass is 79.9. The molecule has 24 heavy (non-hydrogen) atoms. The number of nitro groups is 1. The molecule has 0 radical (unpaired) electrons. The van der Waals surface area contributed by atoms with E-state index in [0.29, 0.717) is 23.5 Å². The van der Waals surface area contributed by atoms with E-state index in [-0.39, 0.29) is 11.7 Å². The molecule has 1 aromatic heterocycles. The predicted molar refractivity (Wildman–Crippen MR) is 91.3 cm³/mol. The van der Waals surface area contributed by atoms with E-state index >= 15 is 0 Å². The molecule has 1 aliphatic heterocycles. The molecule has 2 fully saturated rings. The standard InChI is InChI=1S/C15H22BrN5O3/c16-13-10-20(17-15(13)21(23)24)11-18-5-7-19(8-6-18)14(22)9-12-3-1-2-4-12/h10,12H,1-9,11H2. The normalized spacial score (nSPS) is 19.8. The Bertz CT molecular complexity index is 606. The quantitative estimate of drug-likeness (QED) is 0.559. The van der Waals surface area contributed by atoms with Crippen molar-refractivity contribution in [2.24, 2.45) is 5.92 Å². The van der Waals surface area contributed by atoms with Gasteiger partial charge in [-0.3, -0.25) is 9.69 Å². The van der Waals surface area contributed by atoms with Gasteiger partial charge in [-0.15, -0.1) is 0 Å². The van der Waals surface area contributed by atoms with Crippen molar-refractivity contribution < 1.29 is 9.72 Å². The first-order valence-corrected chi connectivity index (χ1v) is 9.19. The smallest absolute Gasteiger partial charge is 0.358 e. The number of halogens is 1. The van der Waals surface area contributed by atoms with Crippen LogP contribution in [0.1, 0.15) is 32.1 Å². The molecule has 1 aliphatic carbocycles. The average molecular weight is 400 g/mol. The van der Waals surface area contributed by atoms with E-state index in [1.165, 1.54) is 25.7 Å². The average Bonchev–Trinajstić information content (AvgIpc) is 3.17. The van der Waals surface area contributed by atoms with E-state index in [9.17, 15) is 14.9 Å². The van der Waals surface area contributed by atoms with Crippen molar-refractivity contribution in [2.45, 2.75) is 38.8 Å². The van der Waals surface area contributed by atoms with Crippen LogP contribution in [0.25, 0.3) is 0 Å². The van der Waals surface area contributed by atoms with Gasteiger partial charge in [-0.2, -0.15) is 4.68 Å². The molecule has 3 rings (SSSR count). The maximum atomic E-state index is 12.4. The summed E-state index contributed by atoms with van der Waals surface area (Å²) in [7, 11) is 0. The summed E-state index contributed by atoms with van der Waals surface area (Å²) in [4.78, 5) is 26.8. The van der Waals surface area contributed by atoms with E-state index in [1.807, 2.05) is 4.90 Å². The zero-order valence-electron chi connectivity index (χ0n) is 13.6. The highest BCUT2D eigenvalue weighted by Crippen LogP contribution is 2.28. The summed E-state index contributed by atoms with van der Waals surface area (Å²) in [6, 6.07) is 0. The summed E-state index contributed by atoms with van der Waals surface area (Å²) in [6.07, 6.45) is 7.22. The van der Waals surface area contributed by atoms with Crippen molar-refractivity contribution in [2.75, 3.05) is 26.2 Å². The van der Waals surface area contributed by atoms with E-state index in [4.69, 9.17) is 0 Å². The topological polar surface area (TPSA) is 84.5 Å². The summed E-state index contributed by atoms with van der Waals surface area (Å²) in [5.41, 5.74) is 0. The van der Waals surface area contributed by atoms with Gasteiger partial charge in [0.2, 0.25) is 5.91 Å². The maximum absolute atomic E-state index is 12.4. The molecule has 0 bridgehead atoms. The van der Waals surface area contributed by atoms with Gasteiger partial charge < -0.3 is 15.0 Å². The van der Waals surface area contributed by atoms with Gasteiger partial charge in [-0.05, 0) is 39.6 Å². The largest absolute Gasteiger partial charge is 0.404 e. The third-order valence-electron chi connectivity index (χ3n) is 4.88. The lowest BCUT2D eigenvalue weighted by atomic mass is 10.0. The minimum atomic E-state index is -0.500. The molecule has 2 aliphatic rings. The molecule has 1 saturated heterocycles. The molecule has 0 aromatic carbocycles. The number of rotatable bonds is 5. The van der Waals surface area contributed by atoms with Crippen LogP contribution in [0.5, 0.6) is 0 Å². The highest BCUT2D eigenvalue weighted by Gasteiger charge is 2.26. The van der Waals surface area contributed by atoms with Crippen LogP contribution in [-0.2, 0) is 11.5 Å². The highest BCUT2D eigenvalue weighted by molar-refractivity contribution is 9.10. The van der Waals surface area contributed by atoms with Crippen LogP contribution in [0.3, 0.4) is 0 Å². The predicted octanol–water partition coefficient (Wildman–Crippen LogP) is 2.24. The van der Waals surface area contributed by atoms with Crippen LogP contribution < -0.4 is 0 Å². The van der Waals surface area contributed by atoms with Crippen molar-refractivity contribution in [3.63, 3.8) is 0 Å². The lowest BCUT2D eigenvalue weighted by molar-refractivity contribution is -0.390. The molecule has 0 N–H and O–H groups in total. The van der Waals surface area contributed by atoms with Crippen molar-refractivity contribution >= 4 is 27.7 Å². The van der Waals surface area contributed by atoms with Crippen LogP contribution in [0.4, 0.5) is 5.82 Å². The van der Waals surface area contributed by atoms with Gasteiger partial charge in [0.25, 0.3) is 0 Å². The summed E-state index contributed by atoms with van der Waals surface area (Å²) in [5, 5.41) is 14.8. The lowest BCUT2D eigenvalue weighted by Gasteiger charge is -2.34. The van der Waals surface area contributed by atoms with Crippen LogP contribution in [0.15, 0.2) is 10.7 Å². The molecule has 1 amide bonds. The van der Waals surface area contributed by atoms with Crippen molar-refractivity contribution in [3.05, 3.63) is 20.8 Å². The van der Waals surface area contributed by atoms with E-state index in [1.54, 1.807) is 10.9 Å². The molecule has 132 valence electrons. The van der Waals surface area contributed by atoms with Crippen molar-refractivity contribution in [1.82, 2.24) is 19.6 Å². The Morgan fingerprint density at radius 2 is 1.96 bits per heavy atom. The SMILES string of the molecule is O=C(CC1CCCC1)N1CCN(Cn2cc(Br)c([N+](=O)[O-])n2)CC1. The third kappa shape index (κ3) is 4.13. The van der Waals surface area contributed by atoms with Crippen molar-refractivity contribution in [1.29, 1.82) is 0 Å². The Hall–Kier alpha value is -1.48. The monoisotopic (exact) mass is 399 g/mol. The number of piperazine rings is 1. The Morgan fingerprint density at radius 1 is 1.29 bits per heavy atom.